The molecule has 0 saturated heterocycles. The molecule has 0 aliphatic rings. The molecule has 0 radical (unpaired) electrons. The smallest absolute Gasteiger partial charge is 0.489 e. The third kappa shape index (κ3) is 5.26. The van der Waals surface area contributed by atoms with Crippen LogP contribution in [0.25, 0.3) is 0 Å². The summed E-state index contributed by atoms with van der Waals surface area (Å²) in [6.45, 7) is -5.13. The van der Waals surface area contributed by atoms with Crippen LogP contribution in [0.3, 0.4) is 0 Å². The van der Waals surface area contributed by atoms with Crippen molar-refractivity contribution in [3.63, 3.8) is 0 Å². The van der Waals surface area contributed by atoms with Gasteiger partial charge in [0.2, 0.25) is 0 Å². The van der Waals surface area contributed by atoms with Gasteiger partial charge in [-0.05, 0) is 18.2 Å². The Balaban J connectivity index is 0.00000220. The normalized spacial score (nSPS) is 10.9. The monoisotopic (exact) mass is 342 g/mol. The zero-order valence-corrected chi connectivity index (χ0v) is 15.0. The molecule has 0 fully saturated rings. The van der Waals surface area contributed by atoms with Crippen LogP contribution >= 0.6 is 11.6 Å². The molecule has 0 unspecified atom stereocenters. The van der Waals surface area contributed by atoms with E-state index in [9.17, 15) is 17.3 Å². The van der Waals surface area contributed by atoms with E-state index in [1.54, 1.807) is 6.07 Å². The van der Waals surface area contributed by atoms with Crippen LogP contribution in [-0.4, -0.2) is 6.98 Å². The van der Waals surface area contributed by atoms with Crippen LogP contribution in [-0.2, 0) is 6.61 Å². The summed E-state index contributed by atoms with van der Waals surface area (Å²) in [6, 6.07) is 8.74. The minimum absolute atomic E-state index is 0. The topological polar surface area (TPSA) is 9.23 Å². The van der Waals surface area contributed by atoms with E-state index >= 15 is 0 Å². The molecule has 2 rings (SSSR count). The van der Waals surface area contributed by atoms with Gasteiger partial charge >= 0.3 is 58.4 Å². The molecule has 0 saturated carbocycles. The summed E-state index contributed by atoms with van der Waals surface area (Å²) in [4.78, 5) is 0. The van der Waals surface area contributed by atoms with E-state index in [4.69, 9.17) is 16.3 Å². The van der Waals surface area contributed by atoms with Crippen molar-refractivity contribution >= 4 is 24.0 Å². The average Bonchev–Trinajstić information content (AvgIpc) is 2.40. The Morgan fingerprint density at radius 3 is 2.19 bits per heavy atom. The van der Waals surface area contributed by atoms with E-state index in [-0.39, 0.29) is 74.3 Å². The molecule has 0 atom stereocenters. The van der Waals surface area contributed by atoms with Crippen LogP contribution in [0.2, 0.25) is 5.02 Å². The van der Waals surface area contributed by atoms with Gasteiger partial charge in [0.1, 0.15) is 18.2 Å². The van der Waals surface area contributed by atoms with Crippen molar-refractivity contribution < 1.29 is 73.5 Å². The summed E-state index contributed by atoms with van der Waals surface area (Å²) < 4.78 is 56.1. The Morgan fingerprint density at radius 2 is 1.62 bits per heavy atom. The molecule has 21 heavy (non-hydrogen) atoms. The molecule has 0 spiro atoms. The molecule has 2 aromatic rings. The van der Waals surface area contributed by atoms with Crippen molar-refractivity contribution in [1.82, 2.24) is 0 Å². The summed E-state index contributed by atoms with van der Waals surface area (Å²) in [7, 11) is 0. The zero-order valence-electron chi connectivity index (χ0n) is 11.1. The van der Waals surface area contributed by atoms with Crippen LogP contribution in [0.15, 0.2) is 42.5 Å². The summed E-state index contributed by atoms with van der Waals surface area (Å²) >= 11 is 5.61. The molecule has 0 aliphatic heterocycles. The second-order valence-electron chi connectivity index (χ2n) is 4.15. The maximum atomic E-state index is 13.6. The minimum Gasteiger partial charge on any atom is -0.489 e. The number of rotatable bonds is 4. The van der Waals surface area contributed by atoms with Crippen molar-refractivity contribution in [3.8, 4) is 5.75 Å². The third-order valence-electron chi connectivity index (χ3n) is 2.68. The Bertz CT molecular complexity index is 604. The van der Waals surface area contributed by atoms with Crippen molar-refractivity contribution in [2.24, 2.45) is 0 Å². The Hall–Kier alpha value is -0.0487. The fourth-order valence-electron chi connectivity index (χ4n) is 1.60. The summed E-state index contributed by atoms with van der Waals surface area (Å²) in [5.74, 6) is -0.363. The Labute approximate surface area is 167 Å². The zero-order chi connectivity index (χ0) is 14.8. The van der Waals surface area contributed by atoms with E-state index < -0.39 is 18.3 Å². The van der Waals surface area contributed by atoms with Gasteiger partial charge in [-0.3, -0.25) is 0 Å². The predicted octanol–water partition coefficient (Wildman–Crippen LogP) is 1.12. The first-order valence-corrected chi connectivity index (χ1v) is 6.11. The molecule has 0 aromatic heterocycles. The van der Waals surface area contributed by atoms with Crippen molar-refractivity contribution in [2.45, 2.75) is 6.61 Å². The quantitative estimate of drug-likeness (QED) is 0.598. The minimum atomic E-state index is -5.02. The van der Waals surface area contributed by atoms with Crippen LogP contribution in [0, 0.1) is 5.82 Å². The SMILES string of the molecule is Fc1c(Cl)cccc1COc1ccc([B-](F)(F)F)cc1.[K+]. The van der Waals surface area contributed by atoms with Gasteiger partial charge in [-0.2, -0.15) is 0 Å². The molecular formula is C13H9BClF4KO. The number of halogens is 5. The van der Waals surface area contributed by atoms with Gasteiger partial charge in [-0.25, -0.2) is 4.39 Å². The van der Waals surface area contributed by atoms with Gasteiger partial charge in [0.15, 0.2) is 0 Å². The van der Waals surface area contributed by atoms with E-state index in [1.807, 2.05) is 0 Å². The van der Waals surface area contributed by atoms with Crippen molar-refractivity contribution in [1.29, 1.82) is 0 Å². The van der Waals surface area contributed by atoms with E-state index in [2.05, 4.69) is 0 Å². The first-order valence-electron chi connectivity index (χ1n) is 5.73. The predicted molar refractivity (Wildman–Crippen MR) is 70.9 cm³/mol. The summed E-state index contributed by atoms with van der Waals surface area (Å²) in [6.07, 6.45) is 0. The molecule has 106 valence electrons. The van der Waals surface area contributed by atoms with Gasteiger partial charge in [-0.1, -0.05) is 35.9 Å². The van der Waals surface area contributed by atoms with E-state index in [1.165, 1.54) is 24.3 Å². The van der Waals surface area contributed by atoms with Crippen molar-refractivity contribution in [3.05, 3.63) is 58.9 Å². The molecule has 0 N–H and O–H groups in total. The third-order valence-corrected chi connectivity index (χ3v) is 2.98. The van der Waals surface area contributed by atoms with Gasteiger partial charge < -0.3 is 17.7 Å². The Morgan fingerprint density at radius 1 is 1.00 bits per heavy atom. The molecule has 0 amide bonds. The molecule has 1 nitrogen and oxygen atoms in total. The molecule has 0 heterocycles. The largest absolute Gasteiger partial charge is 1.00 e. The standard InChI is InChI=1S/C13H9BClF4O.K/c15-12-3-1-2-9(13(12)16)8-20-11-6-4-10(5-7-11)14(17,18)19;/h1-7H,8H2;/q-1;+1. The second kappa shape index (κ2) is 7.99. The van der Waals surface area contributed by atoms with E-state index in [0.29, 0.717) is 0 Å². The second-order valence-corrected chi connectivity index (χ2v) is 4.55. The summed E-state index contributed by atoms with van der Waals surface area (Å²) in [5, 5.41) is -0.0266. The van der Waals surface area contributed by atoms with Crippen LogP contribution in [0.5, 0.6) is 5.75 Å². The molecule has 0 aliphatic carbocycles. The first-order chi connectivity index (χ1) is 9.38. The first kappa shape index (κ1) is 19.0. The fraction of sp³-hybridized carbons (Fsp3) is 0.0769. The molecule has 8 heteroatoms. The molecule has 2 aromatic carbocycles. The number of hydrogen-bond acceptors (Lipinski definition) is 1. The van der Waals surface area contributed by atoms with Gasteiger partial charge in [0.05, 0.1) is 5.02 Å². The average molecular weight is 343 g/mol. The molecular weight excluding hydrogens is 333 g/mol. The van der Waals surface area contributed by atoms with Gasteiger partial charge in [0, 0.05) is 5.56 Å². The van der Waals surface area contributed by atoms with Crippen molar-refractivity contribution in [2.75, 3.05) is 0 Å². The van der Waals surface area contributed by atoms with Crippen LogP contribution in [0.4, 0.5) is 17.3 Å². The maximum Gasteiger partial charge on any atom is 1.00 e. The number of benzene rings is 2. The van der Waals surface area contributed by atoms with Crippen LogP contribution in [0.1, 0.15) is 5.56 Å². The number of ether oxygens (including phenoxy) is 1. The van der Waals surface area contributed by atoms with Crippen LogP contribution < -0.4 is 61.6 Å². The van der Waals surface area contributed by atoms with Gasteiger partial charge in [-0.15, -0.1) is 5.46 Å². The number of hydrogen-bond donors (Lipinski definition) is 0. The fourth-order valence-corrected chi connectivity index (χ4v) is 1.80. The molecule has 0 bridgehead atoms. The summed E-state index contributed by atoms with van der Waals surface area (Å²) in [5.41, 5.74) is -0.465. The van der Waals surface area contributed by atoms with E-state index in [0.717, 1.165) is 12.1 Å². The maximum absolute atomic E-state index is 13.6. The van der Waals surface area contributed by atoms with Gasteiger partial charge in [0.25, 0.3) is 0 Å². The Kier molecular flexibility index (Phi) is 7.23.